The molecule has 0 bridgehead atoms. The Kier molecular flexibility index (Phi) is 8.51. The second-order valence-electron chi connectivity index (χ2n) is 5.32. The fourth-order valence-electron chi connectivity index (χ4n) is 2.03. The summed E-state index contributed by atoms with van der Waals surface area (Å²) >= 11 is 4.89. The first-order chi connectivity index (χ1) is 13.3. The van der Waals surface area contributed by atoms with Crippen molar-refractivity contribution in [1.29, 1.82) is 0 Å². The van der Waals surface area contributed by atoms with E-state index in [0.29, 0.717) is 9.64 Å². The molecule has 0 unspecified atom stereocenters. The number of alkyl halides is 1. The zero-order valence-electron chi connectivity index (χ0n) is 14.1. The van der Waals surface area contributed by atoms with E-state index in [1.54, 1.807) is 6.07 Å². The van der Waals surface area contributed by atoms with Crippen LogP contribution in [0.5, 0.6) is 0 Å². The monoisotopic (exact) mass is 571 g/mol. The van der Waals surface area contributed by atoms with Crippen LogP contribution in [0, 0.1) is 21.0 Å². The van der Waals surface area contributed by atoms with Crippen LogP contribution in [0.1, 0.15) is 10.4 Å². The number of carbonyl (C=O) groups is 2. The van der Waals surface area contributed by atoms with Crippen LogP contribution in [0.4, 0.5) is 24.5 Å². The molecule has 0 heterocycles. The van der Waals surface area contributed by atoms with Crippen molar-refractivity contribution in [2.75, 3.05) is 23.8 Å². The lowest BCUT2D eigenvalue weighted by Crippen LogP contribution is -2.32. The zero-order chi connectivity index (χ0) is 20.7. The van der Waals surface area contributed by atoms with Gasteiger partial charge in [0.25, 0.3) is 5.91 Å². The maximum absolute atomic E-state index is 14.0. The molecule has 2 rings (SSSR count). The van der Waals surface area contributed by atoms with Crippen molar-refractivity contribution in [3.8, 4) is 0 Å². The predicted octanol–water partition coefficient (Wildman–Crippen LogP) is 3.62. The first kappa shape index (κ1) is 22.4. The second-order valence-corrected chi connectivity index (χ2v) is 7.13. The van der Waals surface area contributed by atoms with Crippen LogP contribution in [0.3, 0.4) is 0 Å². The molecule has 2 amide bonds. The molecule has 11 heteroatoms. The fourth-order valence-corrected chi connectivity index (χ4v) is 2.69. The Balaban J connectivity index is 2.11. The average Bonchev–Trinajstić information content (AvgIpc) is 2.65. The lowest BCUT2D eigenvalue weighted by atomic mass is 10.1. The Labute approximate surface area is 180 Å². The molecule has 2 aromatic rings. The summed E-state index contributed by atoms with van der Waals surface area (Å²) in [5.74, 6) is -4.21. The van der Waals surface area contributed by atoms with Crippen LogP contribution in [0.2, 0.25) is 0 Å². The molecule has 0 atom stereocenters. The van der Waals surface area contributed by atoms with E-state index < -0.39 is 23.4 Å². The van der Waals surface area contributed by atoms with Gasteiger partial charge >= 0.3 is 0 Å². The highest BCUT2D eigenvalue weighted by Crippen LogP contribution is 2.26. The molecule has 0 aliphatic heterocycles. The molecule has 150 valence electrons. The van der Waals surface area contributed by atoms with E-state index in [4.69, 9.17) is 4.84 Å². The average molecular weight is 572 g/mol. The largest absolute Gasteiger partial charge is 0.353 e. The number of hydroxylamine groups is 1. The molecule has 28 heavy (non-hydrogen) atoms. The number of rotatable bonds is 8. The van der Waals surface area contributed by atoms with Crippen molar-refractivity contribution in [2.24, 2.45) is 0 Å². The molecule has 2 aromatic carbocycles. The first-order valence-corrected chi connectivity index (χ1v) is 9.97. The van der Waals surface area contributed by atoms with Crippen molar-refractivity contribution in [1.82, 2.24) is 10.8 Å². The van der Waals surface area contributed by atoms with Gasteiger partial charge in [0.2, 0.25) is 5.91 Å². The first-order valence-electron chi connectivity index (χ1n) is 7.77. The van der Waals surface area contributed by atoms with Gasteiger partial charge in [0.15, 0.2) is 11.6 Å². The summed E-state index contributed by atoms with van der Waals surface area (Å²) in [6.07, 6.45) is 0. The molecule has 0 saturated heterocycles. The maximum atomic E-state index is 14.0. The summed E-state index contributed by atoms with van der Waals surface area (Å²) < 4.78 is 41.9. The fraction of sp³-hybridized carbons (Fsp3) is 0.176. The summed E-state index contributed by atoms with van der Waals surface area (Å²) in [6, 6.07) is 5.68. The van der Waals surface area contributed by atoms with E-state index in [1.807, 2.05) is 22.6 Å². The van der Waals surface area contributed by atoms with Crippen LogP contribution in [0.15, 0.2) is 30.3 Å². The van der Waals surface area contributed by atoms with Gasteiger partial charge in [-0.25, -0.2) is 18.7 Å². The van der Waals surface area contributed by atoms with Gasteiger partial charge in [-0.2, -0.15) is 0 Å². The van der Waals surface area contributed by atoms with Crippen LogP contribution >= 0.6 is 38.5 Å². The SMILES string of the molecule is O=C(CBr)NCCONC(=O)c1cc(F)c(F)cc1Nc1ccc(I)cc1F. The van der Waals surface area contributed by atoms with E-state index in [1.165, 1.54) is 12.1 Å². The zero-order valence-corrected chi connectivity index (χ0v) is 17.9. The molecule has 0 fully saturated rings. The van der Waals surface area contributed by atoms with Crippen molar-refractivity contribution in [2.45, 2.75) is 0 Å². The third kappa shape index (κ3) is 6.34. The Morgan fingerprint density at radius 2 is 1.75 bits per heavy atom. The molecular weight excluding hydrogens is 558 g/mol. The van der Waals surface area contributed by atoms with Crippen molar-refractivity contribution in [3.05, 3.63) is 56.9 Å². The summed E-state index contributed by atoms with van der Waals surface area (Å²) in [6.45, 7) is 0.0735. The van der Waals surface area contributed by atoms with E-state index in [2.05, 4.69) is 32.0 Å². The lowest BCUT2D eigenvalue weighted by Gasteiger charge is -2.14. The van der Waals surface area contributed by atoms with Crippen molar-refractivity contribution < 1.29 is 27.6 Å². The van der Waals surface area contributed by atoms with Gasteiger partial charge in [0, 0.05) is 16.2 Å². The van der Waals surface area contributed by atoms with E-state index in [0.717, 1.165) is 6.07 Å². The number of halogens is 5. The topological polar surface area (TPSA) is 79.5 Å². The summed E-state index contributed by atoms with van der Waals surface area (Å²) in [5.41, 5.74) is 1.61. The van der Waals surface area contributed by atoms with E-state index in [-0.39, 0.29) is 41.3 Å². The number of hydrogen-bond donors (Lipinski definition) is 3. The van der Waals surface area contributed by atoms with E-state index >= 15 is 0 Å². The molecule has 0 saturated carbocycles. The molecule has 0 aromatic heterocycles. The Hall–Kier alpha value is -1.86. The summed E-state index contributed by atoms with van der Waals surface area (Å²) in [7, 11) is 0. The van der Waals surface area contributed by atoms with Gasteiger partial charge in [-0.3, -0.25) is 14.4 Å². The van der Waals surface area contributed by atoms with Gasteiger partial charge in [-0.1, -0.05) is 15.9 Å². The Morgan fingerprint density at radius 3 is 2.43 bits per heavy atom. The highest BCUT2D eigenvalue weighted by Gasteiger charge is 2.18. The highest BCUT2D eigenvalue weighted by molar-refractivity contribution is 14.1. The van der Waals surface area contributed by atoms with Gasteiger partial charge in [-0.05, 0) is 46.9 Å². The third-order valence-electron chi connectivity index (χ3n) is 3.32. The molecule has 0 aliphatic rings. The Bertz CT molecular complexity index is 886. The molecule has 0 aliphatic carbocycles. The maximum Gasteiger partial charge on any atom is 0.277 e. The number of carbonyl (C=O) groups excluding carboxylic acids is 2. The minimum atomic E-state index is -1.25. The number of benzene rings is 2. The number of nitrogens with one attached hydrogen (secondary N) is 3. The number of anilines is 2. The van der Waals surface area contributed by atoms with Gasteiger partial charge in [0.1, 0.15) is 5.82 Å². The third-order valence-corrected chi connectivity index (χ3v) is 4.50. The molecule has 6 nitrogen and oxygen atoms in total. The molecule has 0 spiro atoms. The lowest BCUT2D eigenvalue weighted by molar-refractivity contribution is -0.118. The van der Waals surface area contributed by atoms with Crippen LogP contribution in [0.25, 0.3) is 0 Å². The Morgan fingerprint density at radius 1 is 1.04 bits per heavy atom. The van der Waals surface area contributed by atoms with Gasteiger partial charge in [0.05, 0.1) is 28.9 Å². The summed E-state index contributed by atoms with van der Waals surface area (Å²) in [4.78, 5) is 28.2. The quantitative estimate of drug-likeness (QED) is 0.196. The second kappa shape index (κ2) is 10.6. The van der Waals surface area contributed by atoms with Gasteiger partial charge in [-0.15, -0.1) is 0 Å². The molecule has 3 N–H and O–H groups in total. The smallest absolute Gasteiger partial charge is 0.277 e. The van der Waals surface area contributed by atoms with Crippen LogP contribution in [-0.4, -0.2) is 30.3 Å². The van der Waals surface area contributed by atoms with Crippen LogP contribution in [-0.2, 0) is 9.63 Å². The minimum Gasteiger partial charge on any atom is -0.353 e. The summed E-state index contributed by atoms with van der Waals surface area (Å²) in [5, 5.41) is 5.19. The van der Waals surface area contributed by atoms with Crippen molar-refractivity contribution in [3.63, 3.8) is 0 Å². The number of hydrogen-bond acceptors (Lipinski definition) is 4. The normalized spacial score (nSPS) is 10.5. The molecular formula is C17H14BrF3IN3O3. The minimum absolute atomic E-state index is 0.0149. The number of amides is 2. The molecule has 0 radical (unpaired) electrons. The van der Waals surface area contributed by atoms with Crippen LogP contribution < -0.4 is 16.1 Å². The predicted molar refractivity (Wildman–Crippen MR) is 109 cm³/mol. The van der Waals surface area contributed by atoms with E-state index in [9.17, 15) is 22.8 Å². The standard InChI is InChI=1S/C17H14BrF3IN3O3/c18-8-16(26)23-3-4-28-25-17(27)10-6-11(19)12(20)7-15(10)24-14-2-1-9(22)5-13(14)21/h1-2,5-7,24H,3-4,8H2,(H,23,26)(H,25,27). The highest BCUT2D eigenvalue weighted by atomic mass is 127. The van der Waals surface area contributed by atoms with Crippen molar-refractivity contribution >= 4 is 61.7 Å². The van der Waals surface area contributed by atoms with Gasteiger partial charge < -0.3 is 10.6 Å².